The molecule has 1 saturated heterocycles. The summed E-state index contributed by atoms with van der Waals surface area (Å²) in [5, 5.41) is 0. The first kappa shape index (κ1) is 13.0. The predicted octanol–water partition coefficient (Wildman–Crippen LogP) is 1.81. The standard InChI is InChI=1S/C14H23N3O/c1-4-11-10-17(8-7-16(11)2)14-9-12(18-3)5-6-13(14)15/h5-6,9,11H,4,7-8,10,15H2,1-3H3. The molecule has 0 radical (unpaired) electrons. The van der Waals surface area contributed by atoms with Gasteiger partial charge in [0.15, 0.2) is 0 Å². The van der Waals surface area contributed by atoms with Crippen molar-refractivity contribution in [2.45, 2.75) is 19.4 Å². The average molecular weight is 249 g/mol. The smallest absolute Gasteiger partial charge is 0.121 e. The number of methoxy groups -OCH3 is 1. The van der Waals surface area contributed by atoms with E-state index in [1.54, 1.807) is 7.11 Å². The van der Waals surface area contributed by atoms with Crippen molar-refractivity contribution >= 4 is 11.4 Å². The van der Waals surface area contributed by atoms with E-state index in [-0.39, 0.29) is 0 Å². The molecular weight excluding hydrogens is 226 g/mol. The van der Waals surface area contributed by atoms with Gasteiger partial charge in [-0.1, -0.05) is 6.92 Å². The molecule has 0 amide bonds. The maximum Gasteiger partial charge on any atom is 0.121 e. The molecule has 4 nitrogen and oxygen atoms in total. The Morgan fingerprint density at radius 2 is 2.17 bits per heavy atom. The molecule has 18 heavy (non-hydrogen) atoms. The molecular formula is C14H23N3O. The van der Waals surface area contributed by atoms with Crippen LogP contribution in [0.3, 0.4) is 0 Å². The lowest BCUT2D eigenvalue weighted by atomic mass is 10.1. The SMILES string of the molecule is CCC1CN(c2cc(OC)ccc2N)CCN1C. The van der Waals surface area contributed by atoms with Crippen LogP contribution in [0, 0.1) is 0 Å². The molecule has 1 aromatic rings. The quantitative estimate of drug-likeness (QED) is 0.830. The lowest BCUT2D eigenvalue weighted by Gasteiger charge is -2.40. The minimum Gasteiger partial charge on any atom is -0.497 e. The number of likely N-dealkylation sites (N-methyl/N-ethyl adjacent to an activating group) is 1. The summed E-state index contributed by atoms with van der Waals surface area (Å²) in [6.07, 6.45) is 1.16. The minimum absolute atomic E-state index is 0.601. The molecule has 0 aromatic heterocycles. The Kier molecular flexibility index (Phi) is 3.97. The molecule has 1 fully saturated rings. The third-order valence-electron chi connectivity index (χ3n) is 3.83. The average Bonchev–Trinajstić information content (AvgIpc) is 2.40. The zero-order chi connectivity index (χ0) is 13.1. The summed E-state index contributed by atoms with van der Waals surface area (Å²) in [4.78, 5) is 4.79. The fraction of sp³-hybridized carbons (Fsp3) is 0.571. The van der Waals surface area contributed by atoms with Gasteiger partial charge in [0.25, 0.3) is 0 Å². The van der Waals surface area contributed by atoms with E-state index in [1.807, 2.05) is 18.2 Å². The normalized spacial score (nSPS) is 21.1. The van der Waals surface area contributed by atoms with Crippen LogP contribution in [0.2, 0.25) is 0 Å². The van der Waals surface area contributed by atoms with E-state index in [0.29, 0.717) is 6.04 Å². The Bertz CT molecular complexity index is 408. The van der Waals surface area contributed by atoms with Gasteiger partial charge in [0.05, 0.1) is 18.5 Å². The van der Waals surface area contributed by atoms with Crippen molar-refractivity contribution in [1.29, 1.82) is 0 Å². The molecule has 1 aliphatic rings. The summed E-state index contributed by atoms with van der Waals surface area (Å²) < 4.78 is 5.28. The first-order valence-corrected chi connectivity index (χ1v) is 6.54. The summed E-state index contributed by atoms with van der Waals surface area (Å²) in [6.45, 7) is 5.36. The second kappa shape index (κ2) is 5.48. The summed E-state index contributed by atoms with van der Waals surface area (Å²) in [5.74, 6) is 0.867. The van der Waals surface area contributed by atoms with Crippen LogP contribution in [-0.4, -0.2) is 44.7 Å². The van der Waals surface area contributed by atoms with Gasteiger partial charge in [-0.05, 0) is 25.6 Å². The number of hydrogen-bond donors (Lipinski definition) is 1. The van der Waals surface area contributed by atoms with Crippen LogP contribution in [0.4, 0.5) is 11.4 Å². The molecule has 0 spiro atoms. The maximum absolute atomic E-state index is 6.09. The van der Waals surface area contributed by atoms with Gasteiger partial charge in [-0.2, -0.15) is 0 Å². The molecule has 0 saturated carbocycles. The number of rotatable bonds is 3. The van der Waals surface area contributed by atoms with Gasteiger partial charge < -0.3 is 15.4 Å². The molecule has 4 heteroatoms. The second-order valence-corrected chi connectivity index (χ2v) is 4.91. The first-order chi connectivity index (χ1) is 8.65. The van der Waals surface area contributed by atoms with Crippen LogP contribution in [0.1, 0.15) is 13.3 Å². The second-order valence-electron chi connectivity index (χ2n) is 4.91. The largest absolute Gasteiger partial charge is 0.497 e. The third kappa shape index (κ3) is 2.53. The molecule has 1 aromatic carbocycles. The summed E-state index contributed by atoms with van der Waals surface area (Å²) in [6, 6.07) is 6.47. The van der Waals surface area contributed by atoms with Crippen molar-refractivity contribution in [3.8, 4) is 5.75 Å². The number of benzene rings is 1. The highest BCUT2D eigenvalue weighted by molar-refractivity contribution is 5.70. The van der Waals surface area contributed by atoms with Crippen molar-refractivity contribution in [1.82, 2.24) is 4.90 Å². The van der Waals surface area contributed by atoms with Crippen LogP contribution in [0.15, 0.2) is 18.2 Å². The lowest BCUT2D eigenvalue weighted by Crippen LogP contribution is -2.51. The number of ether oxygens (including phenoxy) is 1. The highest BCUT2D eigenvalue weighted by Crippen LogP contribution is 2.29. The Balaban J connectivity index is 2.20. The first-order valence-electron chi connectivity index (χ1n) is 6.54. The van der Waals surface area contributed by atoms with Crippen LogP contribution in [0.5, 0.6) is 5.75 Å². The molecule has 0 bridgehead atoms. The Hall–Kier alpha value is -1.42. The number of anilines is 2. The predicted molar refractivity (Wildman–Crippen MR) is 76.3 cm³/mol. The number of nitrogens with zero attached hydrogens (tertiary/aromatic N) is 2. The van der Waals surface area contributed by atoms with E-state index in [0.717, 1.165) is 43.2 Å². The zero-order valence-corrected chi connectivity index (χ0v) is 11.5. The van der Waals surface area contributed by atoms with Crippen molar-refractivity contribution < 1.29 is 4.74 Å². The highest BCUT2D eigenvalue weighted by atomic mass is 16.5. The molecule has 0 aliphatic carbocycles. The fourth-order valence-corrected chi connectivity index (χ4v) is 2.53. The number of piperazine rings is 1. The third-order valence-corrected chi connectivity index (χ3v) is 3.83. The number of nitrogens with two attached hydrogens (primary N) is 1. The van der Waals surface area contributed by atoms with Crippen molar-refractivity contribution in [2.75, 3.05) is 44.4 Å². The van der Waals surface area contributed by atoms with Crippen molar-refractivity contribution in [3.05, 3.63) is 18.2 Å². The van der Waals surface area contributed by atoms with E-state index in [2.05, 4.69) is 23.8 Å². The van der Waals surface area contributed by atoms with Gasteiger partial charge in [0.2, 0.25) is 0 Å². The molecule has 1 unspecified atom stereocenters. The van der Waals surface area contributed by atoms with Gasteiger partial charge in [-0.3, -0.25) is 4.90 Å². The lowest BCUT2D eigenvalue weighted by molar-refractivity contribution is 0.213. The van der Waals surface area contributed by atoms with Crippen LogP contribution in [-0.2, 0) is 0 Å². The molecule has 2 rings (SSSR count). The number of hydrogen-bond acceptors (Lipinski definition) is 4. The van der Waals surface area contributed by atoms with E-state index >= 15 is 0 Å². The van der Waals surface area contributed by atoms with Crippen molar-refractivity contribution in [3.63, 3.8) is 0 Å². The molecule has 1 heterocycles. The van der Waals surface area contributed by atoms with Gasteiger partial charge >= 0.3 is 0 Å². The highest BCUT2D eigenvalue weighted by Gasteiger charge is 2.24. The molecule has 100 valence electrons. The molecule has 2 N–H and O–H groups in total. The molecule has 1 atom stereocenters. The van der Waals surface area contributed by atoms with Gasteiger partial charge in [-0.25, -0.2) is 0 Å². The Morgan fingerprint density at radius 1 is 1.39 bits per heavy atom. The maximum atomic E-state index is 6.09. The fourth-order valence-electron chi connectivity index (χ4n) is 2.53. The Labute approximate surface area is 109 Å². The minimum atomic E-state index is 0.601. The van der Waals surface area contributed by atoms with Crippen LogP contribution >= 0.6 is 0 Å². The topological polar surface area (TPSA) is 41.7 Å². The monoisotopic (exact) mass is 249 g/mol. The van der Waals surface area contributed by atoms with Gasteiger partial charge in [0, 0.05) is 31.7 Å². The van der Waals surface area contributed by atoms with E-state index in [1.165, 1.54) is 0 Å². The van der Waals surface area contributed by atoms with E-state index in [4.69, 9.17) is 10.5 Å². The van der Waals surface area contributed by atoms with Crippen molar-refractivity contribution in [2.24, 2.45) is 0 Å². The summed E-state index contributed by atoms with van der Waals surface area (Å²) in [5.41, 5.74) is 8.01. The van der Waals surface area contributed by atoms with E-state index in [9.17, 15) is 0 Å². The van der Waals surface area contributed by atoms with Gasteiger partial charge in [0.1, 0.15) is 5.75 Å². The number of nitrogen functional groups attached to an aromatic ring is 1. The van der Waals surface area contributed by atoms with Gasteiger partial charge in [-0.15, -0.1) is 0 Å². The zero-order valence-electron chi connectivity index (χ0n) is 11.5. The summed E-state index contributed by atoms with van der Waals surface area (Å²) >= 11 is 0. The summed E-state index contributed by atoms with van der Waals surface area (Å²) in [7, 11) is 3.88. The van der Waals surface area contributed by atoms with Crippen LogP contribution in [0.25, 0.3) is 0 Å². The van der Waals surface area contributed by atoms with E-state index < -0.39 is 0 Å². The van der Waals surface area contributed by atoms with Crippen LogP contribution < -0.4 is 15.4 Å². The Morgan fingerprint density at radius 3 is 2.83 bits per heavy atom. The molecule has 1 aliphatic heterocycles.